The van der Waals surface area contributed by atoms with Gasteiger partial charge in [0, 0.05) is 24.3 Å². The van der Waals surface area contributed by atoms with Gasteiger partial charge in [-0.2, -0.15) is 4.31 Å². The molecule has 0 bridgehead atoms. The number of anilines is 1. The molecule has 0 heterocycles. The number of carbonyl (C=O) groups is 1. The van der Waals surface area contributed by atoms with Crippen LogP contribution in [0.3, 0.4) is 0 Å². The summed E-state index contributed by atoms with van der Waals surface area (Å²) in [6.07, 6.45) is 0. The van der Waals surface area contributed by atoms with Crippen molar-refractivity contribution in [2.75, 3.05) is 19.0 Å². The molecule has 6 nitrogen and oxygen atoms in total. The zero-order chi connectivity index (χ0) is 26.5. The second kappa shape index (κ2) is 11.7. The van der Waals surface area contributed by atoms with Crippen LogP contribution < -0.4 is 10.1 Å². The molecule has 0 saturated heterocycles. The first kappa shape index (κ1) is 27.4. The quantitative estimate of drug-likeness (QED) is 0.344. The van der Waals surface area contributed by atoms with Gasteiger partial charge in [-0.05, 0) is 46.7 Å². The highest BCUT2D eigenvalue weighted by Gasteiger charge is 2.28. The maximum atomic E-state index is 13.7. The lowest BCUT2D eigenvalue weighted by Crippen LogP contribution is -2.31. The van der Waals surface area contributed by atoms with Crippen molar-refractivity contribution in [3.63, 3.8) is 0 Å². The molecule has 0 radical (unpaired) electrons. The fourth-order valence-corrected chi connectivity index (χ4v) is 5.81. The summed E-state index contributed by atoms with van der Waals surface area (Å²) in [6, 6.07) is 20.0. The molecule has 0 aliphatic carbocycles. The van der Waals surface area contributed by atoms with E-state index in [-0.39, 0.29) is 47.0 Å². The number of methoxy groups -OCH3 is 1. The normalized spacial score (nSPS) is 11.8. The minimum atomic E-state index is -3.94. The number of rotatable bonds is 10. The van der Waals surface area contributed by atoms with Crippen LogP contribution in [0.2, 0.25) is 0 Å². The number of sulfonamides is 1. The molecule has 0 unspecified atom stereocenters. The van der Waals surface area contributed by atoms with Crippen molar-refractivity contribution in [2.24, 2.45) is 0 Å². The van der Waals surface area contributed by atoms with Gasteiger partial charge in [0.1, 0.15) is 10.6 Å². The maximum Gasteiger partial charge on any atom is 0.255 e. The number of carbonyl (C=O) groups excluding carboxylic acids is 1. The summed E-state index contributed by atoms with van der Waals surface area (Å²) in [7, 11) is -2.51. The summed E-state index contributed by atoms with van der Waals surface area (Å²) in [6.45, 7) is 10.6. The molecule has 1 N–H and O–H groups in total. The van der Waals surface area contributed by atoms with E-state index in [1.54, 1.807) is 13.0 Å². The first-order chi connectivity index (χ1) is 17.1. The third kappa shape index (κ3) is 5.97. The van der Waals surface area contributed by atoms with Crippen LogP contribution in [0.15, 0.2) is 71.6 Å². The number of nitrogens with one attached hydrogen (secondary N) is 1. The largest absolute Gasteiger partial charge is 0.495 e. The molecule has 3 rings (SSSR count). The monoisotopic (exact) mass is 508 g/mol. The highest BCUT2D eigenvalue weighted by atomic mass is 32.2. The third-order valence-electron chi connectivity index (χ3n) is 6.21. The Morgan fingerprint density at radius 1 is 0.917 bits per heavy atom. The van der Waals surface area contributed by atoms with Gasteiger partial charge in [0.05, 0.1) is 7.11 Å². The highest BCUT2D eigenvalue weighted by Crippen LogP contribution is 2.34. The number of nitrogens with zero attached hydrogens (tertiary/aromatic N) is 1. The molecule has 0 saturated carbocycles. The second-order valence-electron chi connectivity index (χ2n) is 9.36. The number of hydrogen-bond acceptors (Lipinski definition) is 4. The van der Waals surface area contributed by atoms with Crippen LogP contribution in [-0.4, -0.2) is 32.3 Å². The van der Waals surface area contributed by atoms with Crippen molar-refractivity contribution in [3.05, 3.63) is 89.0 Å². The standard InChI is InChI=1S/C29H36N2O4S/c1-7-31(19-22-12-9-8-10-13-22)36(33,34)27-18-23(16-17-26(27)35-6)29(32)30-28-24(20(2)3)14-11-15-25(28)21(4)5/h8-18,20-21H,7,19H2,1-6H3,(H,30,32). The van der Waals surface area contributed by atoms with Gasteiger partial charge in [-0.15, -0.1) is 0 Å². The predicted molar refractivity (Wildman–Crippen MR) is 145 cm³/mol. The molecular formula is C29H36N2O4S. The Hall–Kier alpha value is -3.16. The van der Waals surface area contributed by atoms with Crippen molar-refractivity contribution in [3.8, 4) is 5.75 Å². The maximum absolute atomic E-state index is 13.7. The summed E-state index contributed by atoms with van der Waals surface area (Å²) < 4.78 is 34.1. The Labute approximate surface area is 215 Å². The van der Waals surface area contributed by atoms with E-state index < -0.39 is 10.0 Å². The molecule has 36 heavy (non-hydrogen) atoms. The Morgan fingerprint density at radius 2 is 1.53 bits per heavy atom. The van der Waals surface area contributed by atoms with Crippen LogP contribution in [0.5, 0.6) is 5.75 Å². The molecule has 0 aromatic heterocycles. The van der Waals surface area contributed by atoms with Crippen LogP contribution in [0, 0.1) is 0 Å². The van der Waals surface area contributed by atoms with E-state index in [1.165, 1.54) is 23.5 Å². The molecule has 3 aromatic rings. The Kier molecular flexibility index (Phi) is 8.93. The van der Waals surface area contributed by atoms with Crippen molar-refractivity contribution in [2.45, 2.75) is 57.9 Å². The van der Waals surface area contributed by atoms with Gasteiger partial charge in [-0.3, -0.25) is 4.79 Å². The van der Waals surface area contributed by atoms with Gasteiger partial charge in [0.2, 0.25) is 10.0 Å². The van der Waals surface area contributed by atoms with Crippen LogP contribution >= 0.6 is 0 Å². The van der Waals surface area contributed by atoms with E-state index in [1.807, 2.05) is 48.5 Å². The highest BCUT2D eigenvalue weighted by molar-refractivity contribution is 7.89. The summed E-state index contributed by atoms with van der Waals surface area (Å²) in [5.74, 6) is 0.252. The number of benzene rings is 3. The van der Waals surface area contributed by atoms with Crippen molar-refractivity contribution < 1.29 is 17.9 Å². The lowest BCUT2D eigenvalue weighted by molar-refractivity contribution is 0.102. The molecular weight excluding hydrogens is 472 g/mol. The second-order valence-corrected chi connectivity index (χ2v) is 11.3. The summed E-state index contributed by atoms with van der Waals surface area (Å²) in [4.78, 5) is 13.4. The topological polar surface area (TPSA) is 75.7 Å². The molecule has 0 aliphatic rings. The zero-order valence-corrected chi connectivity index (χ0v) is 22.7. The van der Waals surface area contributed by atoms with Gasteiger partial charge < -0.3 is 10.1 Å². The number of para-hydroxylation sites is 1. The van der Waals surface area contributed by atoms with E-state index >= 15 is 0 Å². The van der Waals surface area contributed by atoms with Crippen LogP contribution in [0.1, 0.15) is 73.5 Å². The van der Waals surface area contributed by atoms with Crippen LogP contribution in [0.4, 0.5) is 5.69 Å². The van der Waals surface area contributed by atoms with Crippen molar-refractivity contribution >= 4 is 21.6 Å². The average Bonchev–Trinajstić information content (AvgIpc) is 2.87. The van der Waals surface area contributed by atoms with Gasteiger partial charge in [-0.1, -0.05) is 83.1 Å². The average molecular weight is 509 g/mol. The molecule has 1 amide bonds. The smallest absolute Gasteiger partial charge is 0.255 e. The Balaban J connectivity index is 2.01. The van der Waals surface area contributed by atoms with E-state index in [0.717, 1.165) is 22.4 Å². The van der Waals surface area contributed by atoms with E-state index in [0.29, 0.717) is 0 Å². The molecule has 0 spiro atoms. The lowest BCUT2D eigenvalue weighted by Gasteiger charge is -2.23. The summed E-state index contributed by atoms with van der Waals surface area (Å²) >= 11 is 0. The third-order valence-corrected chi connectivity index (χ3v) is 8.15. The van der Waals surface area contributed by atoms with E-state index in [2.05, 4.69) is 33.0 Å². The van der Waals surface area contributed by atoms with Crippen LogP contribution in [0.25, 0.3) is 0 Å². The van der Waals surface area contributed by atoms with Gasteiger partial charge in [0.15, 0.2) is 0 Å². The van der Waals surface area contributed by atoms with Crippen molar-refractivity contribution in [1.29, 1.82) is 0 Å². The SMILES string of the molecule is CCN(Cc1ccccc1)S(=O)(=O)c1cc(C(=O)Nc2c(C(C)C)cccc2C(C)C)ccc1OC. The van der Waals surface area contributed by atoms with Gasteiger partial charge in [0.25, 0.3) is 5.91 Å². The predicted octanol–water partition coefficient (Wildman–Crippen LogP) is 6.41. The summed E-state index contributed by atoms with van der Waals surface area (Å²) in [5.41, 5.74) is 3.99. The minimum Gasteiger partial charge on any atom is -0.495 e. The molecule has 3 aromatic carbocycles. The number of amides is 1. The molecule has 192 valence electrons. The molecule has 0 fully saturated rings. The fraction of sp³-hybridized carbons (Fsp3) is 0.345. The Bertz CT molecular complexity index is 1280. The van der Waals surface area contributed by atoms with E-state index in [4.69, 9.17) is 4.74 Å². The molecule has 0 aliphatic heterocycles. The van der Waals surface area contributed by atoms with Crippen LogP contribution in [-0.2, 0) is 16.6 Å². The summed E-state index contributed by atoms with van der Waals surface area (Å²) in [5, 5.41) is 3.07. The zero-order valence-electron chi connectivity index (χ0n) is 21.9. The van der Waals surface area contributed by atoms with Gasteiger partial charge in [-0.25, -0.2) is 8.42 Å². The first-order valence-electron chi connectivity index (χ1n) is 12.3. The minimum absolute atomic E-state index is 0.0309. The van der Waals surface area contributed by atoms with Gasteiger partial charge >= 0.3 is 0 Å². The number of hydrogen-bond donors (Lipinski definition) is 1. The molecule has 0 atom stereocenters. The lowest BCUT2D eigenvalue weighted by atomic mass is 9.92. The Morgan fingerprint density at radius 3 is 2.06 bits per heavy atom. The van der Waals surface area contributed by atoms with E-state index in [9.17, 15) is 13.2 Å². The fourth-order valence-electron chi connectivity index (χ4n) is 4.19. The molecule has 7 heteroatoms. The first-order valence-corrected chi connectivity index (χ1v) is 13.7. The number of ether oxygens (including phenoxy) is 1. The van der Waals surface area contributed by atoms with Crippen molar-refractivity contribution in [1.82, 2.24) is 4.31 Å².